The molecule has 3 aliphatic rings. The van der Waals surface area contributed by atoms with Crippen LogP contribution in [0.5, 0.6) is 0 Å². The third-order valence-electron chi connectivity index (χ3n) is 7.27. The van der Waals surface area contributed by atoms with Gasteiger partial charge < -0.3 is 10.2 Å². The third kappa shape index (κ3) is 6.61. The largest absolute Gasteiger partial charge is 0.353 e. The van der Waals surface area contributed by atoms with E-state index in [1.54, 1.807) is 18.7 Å². The van der Waals surface area contributed by atoms with E-state index in [0.29, 0.717) is 25.8 Å². The minimum atomic E-state index is -2.96. The van der Waals surface area contributed by atoms with E-state index in [1.807, 2.05) is 11.8 Å². The standard InChI is InChI=1S/C22H40N4O4S2/c1-4-26(22-25-24-15(3)31-22)21(28)17-8-10-18(11-9-17)23-20(27)14-16-6-12-19(13-7-16)32(29,30)5-2/h15-19,22,24-25H,4-14H2,1-3H3,(H,23,27). The van der Waals surface area contributed by atoms with Gasteiger partial charge in [0.1, 0.15) is 5.50 Å². The van der Waals surface area contributed by atoms with Crippen LogP contribution in [0.15, 0.2) is 0 Å². The van der Waals surface area contributed by atoms with Gasteiger partial charge in [-0.15, -0.1) is 11.8 Å². The van der Waals surface area contributed by atoms with Crippen LogP contribution in [0.3, 0.4) is 0 Å². The van der Waals surface area contributed by atoms with Gasteiger partial charge in [-0.2, -0.15) is 0 Å². The van der Waals surface area contributed by atoms with Crippen molar-refractivity contribution >= 4 is 33.4 Å². The molecule has 0 bridgehead atoms. The van der Waals surface area contributed by atoms with Crippen LogP contribution in [0.25, 0.3) is 0 Å². The van der Waals surface area contributed by atoms with Crippen LogP contribution >= 0.6 is 11.8 Å². The molecule has 2 aliphatic carbocycles. The zero-order valence-electron chi connectivity index (χ0n) is 19.6. The molecule has 0 radical (unpaired) electrons. The van der Waals surface area contributed by atoms with Crippen LogP contribution in [0.2, 0.25) is 0 Å². The van der Waals surface area contributed by atoms with Crippen molar-refractivity contribution in [3.05, 3.63) is 0 Å². The van der Waals surface area contributed by atoms with Gasteiger partial charge in [0, 0.05) is 30.7 Å². The Morgan fingerprint density at radius 2 is 1.66 bits per heavy atom. The fourth-order valence-electron chi connectivity index (χ4n) is 5.24. The summed E-state index contributed by atoms with van der Waals surface area (Å²) in [5, 5.41) is 3.23. The summed E-state index contributed by atoms with van der Waals surface area (Å²) in [5.74, 6) is 0.787. The fraction of sp³-hybridized carbons (Fsp3) is 0.909. The summed E-state index contributed by atoms with van der Waals surface area (Å²) in [7, 11) is -2.96. The molecule has 0 spiro atoms. The Morgan fingerprint density at radius 3 is 2.19 bits per heavy atom. The molecule has 0 aromatic carbocycles. The maximum Gasteiger partial charge on any atom is 0.227 e. The van der Waals surface area contributed by atoms with Gasteiger partial charge in [0.25, 0.3) is 0 Å². The number of carbonyl (C=O) groups excluding carboxylic acids is 2. The molecule has 2 saturated carbocycles. The summed E-state index contributed by atoms with van der Waals surface area (Å²) in [6, 6.07) is 0.138. The van der Waals surface area contributed by atoms with Crippen molar-refractivity contribution in [1.82, 2.24) is 21.1 Å². The van der Waals surface area contributed by atoms with E-state index in [-0.39, 0.29) is 51.6 Å². The highest BCUT2D eigenvalue weighted by Gasteiger charge is 2.35. The highest BCUT2D eigenvalue weighted by molar-refractivity contribution is 8.00. The first kappa shape index (κ1) is 25.8. The maximum atomic E-state index is 13.0. The van der Waals surface area contributed by atoms with Gasteiger partial charge in [-0.25, -0.2) is 19.3 Å². The van der Waals surface area contributed by atoms with E-state index in [2.05, 4.69) is 23.1 Å². The maximum absolute atomic E-state index is 13.0. The van der Waals surface area contributed by atoms with Crippen molar-refractivity contribution < 1.29 is 18.0 Å². The van der Waals surface area contributed by atoms with Crippen LogP contribution in [0.1, 0.15) is 78.6 Å². The zero-order valence-corrected chi connectivity index (χ0v) is 21.3. The Bertz CT molecular complexity index is 747. The smallest absolute Gasteiger partial charge is 0.227 e. The van der Waals surface area contributed by atoms with Crippen molar-refractivity contribution in [3.8, 4) is 0 Å². The molecule has 2 unspecified atom stereocenters. The lowest BCUT2D eigenvalue weighted by atomic mass is 9.84. The van der Waals surface area contributed by atoms with Crippen molar-refractivity contribution in [3.63, 3.8) is 0 Å². The van der Waals surface area contributed by atoms with Gasteiger partial charge in [0.2, 0.25) is 11.8 Å². The van der Waals surface area contributed by atoms with Crippen molar-refractivity contribution in [2.75, 3.05) is 12.3 Å². The summed E-state index contributed by atoms with van der Waals surface area (Å²) in [5.41, 5.74) is 6.33. The molecular formula is C22H40N4O4S2. The number of rotatable bonds is 8. The number of sulfone groups is 1. The van der Waals surface area contributed by atoms with Crippen LogP contribution in [0.4, 0.5) is 0 Å². The first-order chi connectivity index (χ1) is 15.2. The van der Waals surface area contributed by atoms with E-state index >= 15 is 0 Å². The van der Waals surface area contributed by atoms with E-state index in [4.69, 9.17) is 0 Å². The topological polar surface area (TPSA) is 108 Å². The van der Waals surface area contributed by atoms with E-state index in [9.17, 15) is 18.0 Å². The predicted molar refractivity (Wildman–Crippen MR) is 128 cm³/mol. The summed E-state index contributed by atoms with van der Waals surface area (Å²) in [4.78, 5) is 27.5. The molecule has 2 atom stereocenters. The van der Waals surface area contributed by atoms with Gasteiger partial charge in [-0.3, -0.25) is 9.59 Å². The number of hydrazine groups is 1. The molecule has 3 rings (SSSR count). The molecule has 1 saturated heterocycles. The molecule has 0 aromatic rings. The molecule has 3 N–H and O–H groups in total. The quantitative estimate of drug-likeness (QED) is 0.481. The van der Waals surface area contributed by atoms with Crippen LogP contribution in [-0.4, -0.2) is 59.6 Å². The number of amides is 2. The summed E-state index contributed by atoms with van der Waals surface area (Å²) < 4.78 is 24.1. The van der Waals surface area contributed by atoms with E-state index in [0.717, 1.165) is 38.5 Å². The number of carbonyl (C=O) groups is 2. The monoisotopic (exact) mass is 488 g/mol. The third-order valence-corrected chi connectivity index (χ3v) is 10.7. The average Bonchev–Trinajstić information content (AvgIpc) is 3.20. The Balaban J connectivity index is 1.38. The Hall–Kier alpha value is -0.840. The first-order valence-corrected chi connectivity index (χ1v) is 14.9. The van der Waals surface area contributed by atoms with Gasteiger partial charge >= 0.3 is 0 Å². The van der Waals surface area contributed by atoms with Crippen molar-refractivity contribution in [2.45, 2.75) is 101 Å². The molecule has 10 heteroatoms. The number of nitrogens with one attached hydrogen (secondary N) is 3. The van der Waals surface area contributed by atoms with Crippen LogP contribution in [0, 0.1) is 11.8 Å². The molecule has 0 aromatic heterocycles. The number of hydrogen-bond donors (Lipinski definition) is 3. The molecule has 3 fully saturated rings. The van der Waals surface area contributed by atoms with Crippen LogP contribution in [-0.2, 0) is 19.4 Å². The molecular weight excluding hydrogens is 448 g/mol. The lowest BCUT2D eigenvalue weighted by molar-refractivity contribution is -0.137. The SMILES string of the molecule is CCN(C(=O)C1CCC(NC(=O)CC2CCC(S(=O)(=O)CC)CC2)CC1)C1NNC(C)S1. The average molecular weight is 489 g/mol. The number of nitrogens with zero attached hydrogens (tertiary/aromatic N) is 1. The second kappa shape index (κ2) is 11.5. The first-order valence-electron chi connectivity index (χ1n) is 12.2. The number of hydrogen-bond acceptors (Lipinski definition) is 7. The molecule has 184 valence electrons. The molecule has 2 amide bonds. The summed E-state index contributed by atoms with van der Waals surface area (Å²) in [6.45, 7) is 6.47. The lowest BCUT2D eigenvalue weighted by Crippen LogP contribution is -2.50. The normalized spacial score (nSPS) is 33.6. The second-order valence-electron chi connectivity index (χ2n) is 9.46. The molecule has 1 heterocycles. The summed E-state index contributed by atoms with van der Waals surface area (Å²) >= 11 is 1.71. The Labute approximate surface area is 197 Å². The molecule has 1 aliphatic heterocycles. The van der Waals surface area contributed by atoms with E-state index in [1.165, 1.54) is 0 Å². The minimum absolute atomic E-state index is 0.0252. The highest BCUT2D eigenvalue weighted by Crippen LogP contribution is 2.32. The zero-order chi connectivity index (χ0) is 23.3. The lowest BCUT2D eigenvalue weighted by Gasteiger charge is -2.34. The predicted octanol–water partition coefficient (Wildman–Crippen LogP) is 2.36. The summed E-state index contributed by atoms with van der Waals surface area (Å²) in [6.07, 6.45) is 6.74. The van der Waals surface area contributed by atoms with Gasteiger partial charge in [-0.1, -0.05) is 6.92 Å². The van der Waals surface area contributed by atoms with Gasteiger partial charge in [-0.05, 0) is 71.1 Å². The number of thioether (sulfide) groups is 1. The minimum Gasteiger partial charge on any atom is -0.353 e. The van der Waals surface area contributed by atoms with Crippen molar-refractivity contribution in [1.29, 1.82) is 0 Å². The molecule has 8 nitrogen and oxygen atoms in total. The Morgan fingerprint density at radius 1 is 1.00 bits per heavy atom. The van der Waals surface area contributed by atoms with Gasteiger partial charge in [0.15, 0.2) is 9.84 Å². The van der Waals surface area contributed by atoms with E-state index < -0.39 is 9.84 Å². The fourth-order valence-corrected chi connectivity index (χ4v) is 7.76. The van der Waals surface area contributed by atoms with Gasteiger partial charge in [0.05, 0.1) is 10.6 Å². The highest BCUT2D eigenvalue weighted by atomic mass is 32.2. The Kier molecular flexibility index (Phi) is 9.29. The molecule has 32 heavy (non-hydrogen) atoms. The second-order valence-corrected chi connectivity index (χ2v) is 13.5. The van der Waals surface area contributed by atoms with Crippen LogP contribution < -0.4 is 16.2 Å². The van der Waals surface area contributed by atoms with Crippen molar-refractivity contribution in [2.24, 2.45) is 11.8 Å².